The van der Waals surface area contributed by atoms with Crippen molar-refractivity contribution >= 4 is 40.1 Å². The summed E-state index contributed by atoms with van der Waals surface area (Å²) in [6.07, 6.45) is 0. The highest BCUT2D eigenvalue weighted by molar-refractivity contribution is 8.11. The van der Waals surface area contributed by atoms with Crippen LogP contribution in [0.25, 0.3) is 0 Å². The lowest BCUT2D eigenvalue weighted by Crippen LogP contribution is -1.84. The Morgan fingerprint density at radius 3 is 2.27 bits per heavy atom. The van der Waals surface area contributed by atoms with Crippen molar-refractivity contribution in [3.8, 4) is 0 Å². The minimum absolute atomic E-state index is 0.464. The summed E-state index contributed by atoms with van der Waals surface area (Å²) >= 11 is 12.3. The van der Waals surface area contributed by atoms with Gasteiger partial charge in [-0.05, 0) is 34.3 Å². The summed E-state index contributed by atoms with van der Waals surface area (Å²) in [6.45, 7) is 5.95. The highest BCUT2D eigenvalue weighted by atomic mass is 35.9. The Balaban J connectivity index is 4.13. The van der Waals surface area contributed by atoms with E-state index in [1.165, 1.54) is 5.82 Å². The maximum absolute atomic E-state index is 10.8. The van der Waals surface area contributed by atoms with Crippen molar-refractivity contribution in [2.45, 2.75) is 26.0 Å². The lowest BCUT2D eigenvalue weighted by atomic mass is 10.6. The van der Waals surface area contributed by atoms with Crippen LogP contribution in [0.1, 0.15) is 20.8 Å². The van der Waals surface area contributed by atoms with Crippen molar-refractivity contribution < 1.29 is 4.57 Å². The van der Waals surface area contributed by atoms with Crippen LogP contribution in [0.15, 0.2) is 10.7 Å². The molecule has 0 N–H and O–H groups in total. The summed E-state index contributed by atoms with van der Waals surface area (Å²) in [7, 11) is 0. The maximum Gasteiger partial charge on any atom is 0.275 e. The summed E-state index contributed by atoms with van der Waals surface area (Å²) in [5.41, 5.74) is 0. The van der Waals surface area contributed by atoms with Crippen LogP contribution in [0.5, 0.6) is 0 Å². The van der Waals surface area contributed by atoms with E-state index in [1.807, 2.05) is 6.92 Å². The first-order chi connectivity index (χ1) is 4.81. The van der Waals surface area contributed by atoms with Gasteiger partial charge in [0.15, 0.2) is 0 Å². The molecule has 0 saturated heterocycles. The molecule has 0 amide bonds. The standard InChI is InChI=1S/C6H11Cl2OPS/c1-5(2)11-6(3)4-10(7,8)9/h4-5H,1-3H3. The molecule has 0 bridgehead atoms. The first kappa shape index (κ1) is 11.9. The van der Waals surface area contributed by atoms with Gasteiger partial charge in [-0.25, -0.2) is 0 Å². The van der Waals surface area contributed by atoms with Gasteiger partial charge in [0, 0.05) is 11.1 Å². The van der Waals surface area contributed by atoms with Gasteiger partial charge in [-0.1, -0.05) is 13.8 Å². The fourth-order valence-electron chi connectivity index (χ4n) is 0.614. The van der Waals surface area contributed by atoms with Gasteiger partial charge < -0.3 is 0 Å². The fourth-order valence-corrected chi connectivity index (χ4v) is 3.69. The lowest BCUT2D eigenvalue weighted by molar-refractivity contribution is 0.597. The van der Waals surface area contributed by atoms with E-state index in [0.717, 1.165) is 4.91 Å². The monoisotopic (exact) mass is 232 g/mol. The van der Waals surface area contributed by atoms with Gasteiger partial charge >= 0.3 is 0 Å². The second-order valence-electron chi connectivity index (χ2n) is 2.41. The molecule has 0 aliphatic carbocycles. The highest BCUT2D eigenvalue weighted by Gasteiger charge is 2.09. The Bertz CT molecular complexity index is 197. The van der Waals surface area contributed by atoms with E-state index >= 15 is 0 Å². The van der Waals surface area contributed by atoms with E-state index in [1.54, 1.807) is 11.8 Å². The normalized spacial score (nSPS) is 14.2. The third kappa shape index (κ3) is 8.81. The zero-order chi connectivity index (χ0) is 9.07. The van der Waals surface area contributed by atoms with Crippen molar-refractivity contribution in [3.05, 3.63) is 10.7 Å². The largest absolute Gasteiger partial charge is 0.285 e. The third-order valence-electron chi connectivity index (χ3n) is 0.754. The number of halogens is 2. The Kier molecular flexibility index (Phi) is 5.21. The molecule has 0 rings (SSSR count). The molecule has 0 fully saturated rings. The van der Waals surface area contributed by atoms with Gasteiger partial charge in [-0.2, -0.15) is 0 Å². The smallest absolute Gasteiger partial charge is 0.275 e. The van der Waals surface area contributed by atoms with Crippen LogP contribution in [-0.4, -0.2) is 5.25 Å². The number of hydrogen-bond acceptors (Lipinski definition) is 2. The van der Waals surface area contributed by atoms with Crippen molar-refractivity contribution in [1.82, 2.24) is 0 Å². The Labute approximate surface area is 81.5 Å². The predicted octanol–water partition coefficient (Wildman–Crippen LogP) is 4.66. The zero-order valence-electron chi connectivity index (χ0n) is 6.67. The summed E-state index contributed by atoms with van der Waals surface area (Å²) in [5.74, 6) is -1.60. The molecule has 1 nitrogen and oxygen atoms in total. The number of thioether (sulfide) groups is 1. The molecule has 0 aliphatic heterocycles. The second kappa shape index (κ2) is 4.81. The van der Waals surface area contributed by atoms with Crippen LogP contribution in [0.3, 0.4) is 0 Å². The fraction of sp³-hybridized carbons (Fsp3) is 0.667. The van der Waals surface area contributed by atoms with Crippen LogP contribution in [-0.2, 0) is 4.57 Å². The molecule has 0 spiro atoms. The molecular weight excluding hydrogens is 222 g/mol. The van der Waals surface area contributed by atoms with Gasteiger partial charge in [0.2, 0.25) is 0 Å². The molecule has 0 aromatic carbocycles. The molecule has 0 saturated carbocycles. The Morgan fingerprint density at radius 1 is 1.55 bits per heavy atom. The minimum atomic E-state index is -3.02. The van der Waals surface area contributed by atoms with Gasteiger partial charge in [-0.15, -0.1) is 11.8 Å². The van der Waals surface area contributed by atoms with Crippen LogP contribution in [0.4, 0.5) is 0 Å². The van der Waals surface area contributed by atoms with E-state index in [4.69, 9.17) is 22.5 Å². The molecule has 0 aromatic heterocycles. The lowest BCUT2D eigenvalue weighted by Gasteiger charge is -2.04. The van der Waals surface area contributed by atoms with E-state index in [9.17, 15) is 4.57 Å². The number of rotatable bonds is 3. The van der Waals surface area contributed by atoms with Crippen LogP contribution < -0.4 is 0 Å². The van der Waals surface area contributed by atoms with Crippen LogP contribution >= 0.6 is 40.1 Å². The minimum Gasteiger partial charge on any atom is -0.285 e. The summed E-state index contributed by atoms with van der Waals surface area (Å²) in [5, 5.41) is 0.464. The Morgan fingerprint density at radius 2 is 2.00 bits per heavy atom. The van der Waals surface area contributed by atoms with E-state index < -0.39 is 5.85 Å². The van der Waals surface area contributed by atoms with E-state index in [0.29, 0.717) is 5.25 Å². The topological polar surface area (TPSA) is 17.1 Å². The third-order valence-corrected chi connectivity index (χ3v) is 3.16. The SMILES string of the molecule is CC(=CP(=O)(Cl)Cl)SC(C)C. The summed E-state index contributed by atoms with van der Waals surface area (Å²) < 4.78 is 10.8. The average Bonchev–Trinajstić information content (AvgIpc) is 1.53. The molecule has 0 aliphatic rings. The zero-order valence-corrected chi connectivity index (χ0v) is 9.90. The van der Waals surface area contributed by atoms with Gasteiger partial charge in [0.25, 0.3) is 5.85 Å². The molecule has 66 valence electrons. The first-order valence-corrected chi connectivity index (χ1v) is 7.63. The van der Waals surface area contributed by atoms with Crippen molar-refractivity contribution in [2.24, 2.45) is 0 Å². The molecule has 0 unspecified atom stereocenters. The van der Waals surface area contributed by atoms with Gasteiger partial charge in [0.1, 0.15) is 0 Å². The van der Waals surface area contributed by atoms with Crippen molar-refractivity contribution in [3.63, 3.8) is 0 Å². The molecule has 0 aromatic rings. The maximum atomic E-state index is 10.8. The average molecular weight is 233 g/mol. The van der Waals surface area contributed by atoms with Crippen molar-refractivity contribution in [2.75, 3.05) is 0 Å². The van der Waals surface area contributed by atoms with Gasteiger partial charge in [-0.3, -0.25) is 4.57 Å². The Hall–Kier alpha value is 0.900. The van der Waals surface area contributed by atoms with Crippen LogP contribution in [0, 0.1) is 0 Å². The molecule has 11 heavy (non-hydrogen) atoms. The molecule has 5 heteroatoms. The number of hydrogen-bond donors (Lipinski definition) is 0. The summed E-state index contributed by atoms with van der Waals surface area (Å²) in [6, 6.07) is 0. The summed E-state index contributed by atoms with van der Waals surface area (Å²) in [4.78, 5) is 0.910. The number of allylic oxidation sites excluding steroid dienone is 1. The van der Waals surface area contributed by atoms with Gasteiger partial charge in [0.05, 0.1) is 0 Å². The first-order valence-electron chi connectivity index (χ1n) is 3.16. The predicted molar refractivity (Wildman–Crippen MR) is 55.8 cm³/mol. The van der Waals surface area contributed by atoms with Crippen LogP contribution in [0.2, 0.25) is 0 Å². The highest BCUT2D eigenvalue weighted by Crippen LogP contribution is 2.59. The quantitative estimate of drug-likeness (QED) is 0.659. The second-order valence-corrected chi connectivity index (χ2v) is 9.03. The van der Waals surface area contributed by atoms with E-state index in [2.05, 4.69) is 13.8 Å². The molecule has 0 atom stereocenters. The van der Waals surface area contributed by atoms with Crippen molar-refractivity contribution in [1.29, 1.82) is 0 Å². The molecular formula is C6H11Cl2OPS. The van der Waals surface area contributed by atoms with E-state index in [-0.39, 0.29) is 0 Å². The molecule has 0 heterocycles. The molecule has 0 radical (unpaired) electrons.